The van der Waals surface area contributed by atoms with Crippen molar-refractivity contribution in [1.82, 2.24) is 0 Å². The molecule has 0 unspecified atom stereocenters. The summed E-state index contributed by atoms with van der Waals surface area (Å²) >= 11 is 11.5. The topological polar surface area (TPSA) is 0 Å². The third kappa shape index (κ3) is 2.75. The van der Waals surface area contributed by atoms with Gasteiger partial charge in [0.2, 0.25) is 0 Å². The molecule has 0 aliphatic rings. The molecule has 2 rings (SSSR count). The fraction of sp³-hybridized carbons (Fsp3) is 0.286. The third-order valence-electron chi connectivity index (χ3n) is 2.71. The van der Waals surface area contributed by atoms with Crippen LogP contribution in [0.25, 0.3) is 10.4 Å². The van der Waals surface area contributed by atoms with Gasteiger partial charge in [-0.2, -0.15) is 0 Å². The first kappa shape index (κ1) is 13.1. The molecular formula is C14H14BrClS. The molecule has 0 saturated carbocycles. The zero-order valence-corrected chi connectivity index (χ0v) is 13.2. The van der Waals surface area contributed by atoms with E-state index in [1.165, 1.54) is 25.4 Å². The van der Waals surface area contributed by atoms with E-state index in [9.17, 15) is 0 Å². The number of halogens is 2. The number of hydrogen-bond donors (Lipinski definition) is 0. The molecule has 0 fully saturated rings. The van der Waals surface area contributed by atoms with Crippen molar-refractivity contribution in [2.75, 3.05) is 0 Å². The first-order valence-electron chi connectivity index (χ1n) is 5.54. The molecule has 90 valence electrons. The molecule has 0 saturated heterocycles. The third-order valence-corrected chi connectivity index (χ3v) is 5.30. The lowest BCUT2D eigenvalue weighted by Gasteiger charge is -2.04. The minimum absolute atomic E-state index is 0.567. The van der Waals surface area contributed by atoms with Gasteiger partial charge in [-0.1, -0.05) is 31.5 Å². The van der Waals surface area contributed by atoms with Crippen LogP contribution in [0.5, 0.6) is 0 Å². The summed E-state index contributed by atoms with van der Waals surface area (Å²) in [5, 5.41) is 0.794. The fourth-order valence-electron chi connectivity index (χ4n) is 1.74. The first-order chi connectivity index (χ1) is 7.99. The van der Waals surface area contributed by atoms with Crippen molar-refractivity contribution in [1.29, 1.82) is 0 Å². The summed E-state index contributed by atoms with van der Waals surface area (Å²) < 4.78 is 1.18. The average molecular weight is 330 g/mol. The normalized spacial score (nSPS) is 11.2. The van der Waals surface area contributed by atoms with E-state index in [1.807, 2.05) is 23.5 Å². The number of aryl methyl sites for hydroxylation is 1. The Kier molecular flexibility index (Phi) is 3.96. The smallest absolute Gasteiger partial charge is 0.0490 e. The lowest BCUT2D eigenvalue weighted by atomic mass is 10.1. The lowest BCUT2D eigenvalue weighted by Crippen LogP contribution is -1.80. The molecule has 1 aromatic carbocycles. The van der Waals surface area contributed by atoms with E-state index in [0.29, 0.717) is 5.92 Å². The molecular weight excluding hydrogens is 316 g/mol. The van der Waals surface area contributed by atoms with Crippen LogP contribution in [0.15, 0.2) is 28.7 Å². The summed E-state index contributed by atoms with van der Waals surface area (Å²) in [5.74, 6) is 0.567. The van der Waals surface area contributed by atoms with Crippen molar-refractivity contribution in [3.8, 4) is 10.4 Å². The standard InChI is InChI=1S/C14H14BrClS/c1-8(2)13-7-12(15)14(17-13)11-5-4-10(16)6-9(11)3/h4-8H,1-3H3. The van der Waals surface area contributed by atoms with Gasteiger partial charge in [0.05, 0.1) is 0 Å². The Balaban J connectivity index is 2.52. The second-order valence-electron chi connectivity index (χ2n) is 4.44. The van der Waals surface area contributed by atoms with Crippen molar-refractivity contribution in [2.45, 2.75) is 26.7 Å². The fourth-order valence-corrected chi connectivity index (χ4v) is 3.96. The maximum atomic E-state index is 5.99. The second kappa shape index (κ2) is 5.13. The lowest BCUT2D eigenvalue weighted by molar-refractivity contribution is 0.889. The van der Waals surface area contributed by atoms with Gasteiger partial charge in [0.15, 0.2) is 0 Å². The maximum Gasteiger partial charge on any atom is 0.0490 e. The predicted octanol–water partition coefficient (Wildman–Crippen LogP) is 6.26. The van der Waals surface area contributed by atoms with E-state index in [1.54, 1.807) is 0 Å². The van der Waals surface area contributed by atoms with Crippen LogP contribution in [0.3, 0.4) is 0 Å². The van der Waals surface area contributed by atoms with Gasteiger partial charge in [-0.15, -0.1) is 11.3 Å². The zero-order valence-electron chi connectivity index (χ0n) is 10.1. The van der Waals surface area contributed by atoms with Gasteiger partial charge in [0.1, 0.15) is 0 Å². The van der Waals surface area contributed by atoms with Crippen molar-refractivity contribution >= 4 is 38.9 Å². The highest BCUT2D eigenvalue weighted by Gasteiger charge is 2.13. The van der Waals surface area contributed by atoms with E-state index in [-0.39, 0.29) is 0 Å². The highest BCUT2D eigenvalue weighted by molar-refractivity contribution is 9.10. The van der Waals surface area contributed by atoms with Crippen molar-refractivity contribution in [3.63, 3.8) is 0 Å². The molecule has 17 heavy (non-hydrogen) atoms. The SMILES string of the molecule is Cc1cc(Cl)ccc1-c1sc(C(C)C)cc1Br. The molecule has 0 spiro atoms. The summed E-state index contributed by atoms with van der Waals surface area (Å²) in [7, 11) is 0. The van der Waals surface area contributed by atoms with Crippen LogP contribution in [-0.2, 0) is 0 Å². The second-order valence-corrected chi connectivity index (χ2v) is 6.81. The highest BCUT2D eigenvalue weighted by atomic mass is 79.9. The molecule has 3 heteroatoms. The first-order valence-corrected chi connectivity index (χ1v) is 7.53. The summed E-state index contributed by atoms with van der Waals surface area (Å²) in [6.45, 7) is 6.54. The molecule has 0 amide bonds. The highest BCUT2D eigenvalue weighted by Crippen LogP contribution is 2.40. The number of thiophene rings is 1. The van der Waals surface area contributed by atoms with Crippen molar-refractivity contribution < 1.29 is 0 Å². The number of rotatable bonds is 2. The van der Waals surface area contributed by atoms with Gasteiger partial charge >= 0.3 is 0 Å². The quantitative estimate of drug-likeness (QED) is 0.609. The molecule has 0 nitrogen and oxygen atoms in total. The van der Waals surface area contributed by atoms with E-state index in [4.69, 9.17) is 11.6 Å². The number of hydrogen-bond acceptors (Lipinski definition) is 1. The zero-order chi connectivity index (χ0) is 12.6. The van der Waals surface area contributed by atoms with Crippen LogP contribution in [0.4, 0.5) is 0 Å². The Bertz CT molecular complexity index is 543. The number of benzene rings is 1. The van der Waals surface area contributed by atoms with Crippen LogP contribution in [0, 0.1) is 6.92 Å². The summed E-state index contributed by atoms with van der Waals surface area (Å²) in [5.41, 5.74) is 2.48. The predicted molar refractivity (Wildman–Crippen MR) is 81.3 cm³/mol. The van der Waals surface area contributed by atoms with Gasteiger partial charge in [0, 0.05) is 19.2 Å². The van der Waals surface area contributed by atoms with Crippen LogP contribution < -0.4 is 0 Å². The van der Waals surface area contributed by atoms with Crippen LogP contribution >= 0.6 is 38.9 Å². The largest absolute Gasteiger partial charge is 0.139 e. The monoisotopic (exact) mass is 328 g/mol. The van der Waals surface area contributed by atoms with E-state index >= 15 is 0 Å². The molecule has 0 atom stereocenters. The van der Waals surface area contributed by atoms with E-state index in [0.717, 1.165) is 5.02 Å². The maximum absolute atomic E-state index is 5.99. The average Bonchev–Trinajstić information content (AvgIpc) is 2.61. The Morgan fingerprint density at radius 2 is 1.94 bits per heavy atom. The molecule has 1 heterocycles. The molecule has 0 radical (unpaired) electrons. The van der Waals surface area contributed by atoms with Gasteiger partial charge < -0.3 is 0 Å². The molecule has 2 aromatic rings. The van der Waals surface area contributed by atoms with Gasteiger partial charge in [0.25, 0.3) is 0 Å². The van der Waals surface area contributed by atoms with Crippen molar-refractivity contribution in [2.24, 2.45) is 0 Å². The van der Waals surface area contributed by atoms with Gasteiger partial charge in [-0.05, 0) is 58.1 Å². The van der Waals surface area contributed by atoms with E-state index in [2.05, 4.69) is 48.8 Å². The molecule has 0 N–H and O–H groups in total. The Morgan fingerprint density at radius 1 is 1.24 bits per heavy atom. The summed E-state index contributed by atoms with van der Waals surface area (Å²) in [4.78, 5) is 2.70. The minimum atomic E-state index is 0.567. The van der Waals surface area contributed by atoms with Crippen LogP contribution in [0.1, 0.15) is 30.2 Å². The Morgan fingerprint density at radius 3 is 2.47 bits per heavy atom. The Labute approximate surface area is 120 Å². The summed E-state index contributed by atoms with van der Waals surface area (Å²) in [6.07, 6.45) is 0. The molecule has 0 aliphatic carbocycles. The Hall–Kier alpha value is -0.310. The van der Waals surface area contributed by atoms with Crippen LogP contribution in [0.2, 0.25) is 5.02 Å². The molecule has 0 aliphatic heterocycles. The molecule has 1 aromatic heterocycles. The van der Waals surface area contributed by atoms with Gasteiger partial charge in [-0.25, -0.2) is 0 Å². The minimum Gasteiger partial charge on any atom is -0.139 e. The van der Waals surface area contributed by atoms with Crippen LogP contribution in [-0.4, -0.2) is 0 Å². The molecule has 0 bridgehead atoms. The van der Waals surface area contributed by atoms with Gasteiger partial charge in [-0.3, -0.25) is 0 Å². The van der Waals surface area contributed by atoms with E-state index < -0.39 is 0 Å². The summed E-state index contributed by atoms with van der Waals surface area (Å²) in [6, 6.07) is 8.28. The van der Waals surface area contributed by atoms with Crippen molar-refractivity contribution in [3.05, 3.63) is 44.2 Å².